The van der Waals surface area contributed by atoms with E-state index in [4.69, 9.17) is 4.74 Å². The summed E-state index contributed by atoms with van der Waals surface area (Å²) in [7, 11) is 0. The Morgan fingerprint density at radius 1 is 1.32 bits per heavy atom. The molecular weight excluding hydrogens is 246 g/mol. The molecule has 1 aromatic carbocycles. The predicted octanol–water partition coefficient (Wildman–Crippen LogP) is -0.0533. The second-order valence-electron chi connectivity index (χ2n) is 4.48. The first-order chi connectivity index (χ1) is 9.16. The van der Waals surface area contributed by atoms with Gasteiger partial charge in [0.25, 0.3) is 0 Å². The van der Waals surface area contributed by atoms with Gasteiger partial charge in [0.1, 0.15) is 6.10 Å². The van der Waals surface area contributed by atoms with Crippen molar-refractivity contribution in [2.45, 2.75) is 25.4 Å². The van der Waals surface area contributed by atoms with Crippen molar-refractivity contribution in [2.75, 3.05) is 13.2 Å². The molecule has 5 heteroatoms. The topological polar surface area (TPSA) is 78.5 Å². The minimum absolute atomic E-state index is 0.0588. The summed E-state index contributed by atoms with van der Waals surface area (Å²) in [5.74, 6) is -1.51. The van der Waals surface area contributed by atoms with E-state index in [0.29, 0.717) is 13.2 Å². The summed E-state index contributed by atoms with van der Waals surface area (Å²) in [5, 5.41) is 13.0. The maximum Gasteiger partial charge on any atom is 0.220 e. The second kappa shape index (κ2) is 6.33. The van der Waals surface area contributed by atoms with Crippen LogP contribution in [0.15, 0.2) is 24.3 Å². The van der Waals surface area contributed by atoms with Gasteiger partial charge in [-0.1, -0.05) is 24.3 Å². The zero-order valence-electron chi connectivity index (χ0n) is 10.6. The summed E-state index contributed by atoms with van der Waals surface area (Å²) in [6.07, 6.45) is 0.410. The molecule has 2 rings (SSSR count). The number of carbonyl (C=O) groups is 2. The van der Waals surface area contributed by atoms with E-state index in [9.17, 15) is 14.7 Å². The molecule has 1 aromatic rings. The fourth-order valence-corrected chi connectivity index (χ4v) is 2.16. The van der Waals surface area contributed by atoms with Crippen molar-refractivity contribution in [3.63, 3.8) is 0 Å². The third-order valence-electron chi connectivity index (χ3n) is 3.13. The molecule has 19 heavy (non-hydrogen) atoms. The highest BCUT2D eigenvalue weighted by molar-refractivity contribution is 5.80. The lowest BCUT2D eigenvalue weighted by Gasteiger charge is -2.26. The summed E-state index contributed by atoms with van der Waals surface area (Å²) >= 11 is 0. The van der Waals surface area contributed by atoms with Crippen LogP contribution in [0, 0.1) is 0 Å². The van der Waals surface area contributed by atoms with Gasteiger partial charge in [-0.2, -0.15) is 0 Å². The molecule has 1 N–H and O–H groups in total. The van der Waals surface area contributed by atoms with Crippen LogP contribution < -0.4 is 10.4 Å². The lowest BCUT2D eigenvalue weighted by atomic mass is 9.97. The fourth-order valence-electron chi connectivity index (χ4n) is 2.16. The lowest BCUT2D eigenvalue weighted by Crippen LogP contribution is -2.33. The molecule has 102 valence electrons. The first-order valence-electron chi connectivity index (χ1n) is 6.33. The molecule has 1 atom stereocenters. The highest BCUT2D eigenvalue weighted by atomic mass is 16.5. The number of carboxylic acids is 1. The van der Waals surface area contributed by atoms with Crippen LogP contribution >= 0.6 is 0 Å². The Kier molecular flexibility index (Phi) is 4.52. The Bertz CT molecular complexity index is 472. The molecule has 0 saturated carbocycles. The van der Waals surface area contributed by atoms with E-state index in [1.165, 1.54) is 5.56 Å². The third kappa shape index (κ3) is 3.79. The molecule has 1 aliphatic heterocycles. The largest absolute Gasteiger partial charge is 0.550 e. The smallest absolute Gasteiger partial charge is 0.220 e. The maximum absolute atomic E-state index is 11.4. The molecule has 0 spiro atoms. The quantitative estimate of drug-likeness (QED) is 0.806. The average molecular weight is 262 g/mol. The number of hydrogen-bond donors (Lipinski definition) is 1. The van der Waals surface area contributed by atoms with Crippen molar-refractivity contribution < 1.29 is 19.4 Å². The minimum atomic E-state index is -1.21. The van der Waals surface area contributed by atoms with Gasteiger partial charge in [0.15, 0.2) is 0 Å². The molecule has 0 aromatic heterocycles. The van der Waals surface area contributed by atoms with Crippen LogP contribution in [0.25, 0.3) is 0 Å². The molecule has 0 aliphatic carbocycles. The SMILES string of the molecule is O=C([O-])CCC(=O)NC[C@@H]1OCCc2ccccc21. The molecule has 5 nitrogen and oxygen atoms in total. The van der Waals surface area contributed by atoms with Crippen molar-refractivity contribution in [3.05, 3.63) is 35.4 Å². The van der Waals surface area contributed by atoms with Gasteiger partial charge in [-0.25, -0.2) is 0 Å². The number of nitrogens with one attached hydrogen (secondary N) is 1. The first-order valence-corrected chi connectivity index (χ1v) is 6.33. The van der Waals surface area contributed by atoms with Crippen LogP contribution in [-0.4, -0.2) is 25.0 Å². The first kappa shape index (κ1) is 13.5. The summed E-state index contributed by atoms with van der Waals surface area (Å²) in [6.45, 7) is 0.999. The number of benzene rings is 1. The van der Waals surface area contributed by atoms with E-state index in [2.05, 4.69) is 11.4 Å². The molecule has 1 amide bonds. The van der Waals surface area contributed by atoms with Gasteiger partial charge in [0.05, 0.1) is 6.61 Å². The third-order valence-corrected chi connectivity index (χ3v) is 3.13. The van der Waals surface area contributed by atoms with Crippen molar-refractivity contribution in [3.8, 4) is 0 Å². The summed E-state index contributed by atoms with van der Waals surface area (Å²) in [5.41, 5.74) is 2.33. The zero-order valence-corrected chi connectivity index (χ0v) is 10.6. The van der Waals surface area contributed by atoms with Crippen molar-refractivity contribution in [1.82, 2.24) is 5.32 Å². The predicted molar refractivity (Wildman–Crippen MR) is 66.1 cm³/mol. The van der Waals surface area contributed by atoms with Crippen LogP contribution in [-0.2, 0) is 20.7 Å². The Balaban J connectivity index is 1.87. The minimum Gasteiger partial charge on any atom is -0.550 e. The molecule has 1 aliphatic rings. The number of carboxylic acid groups (broad SMARTS) is 1. The van der Waals surface area contributed by atoms with Crippen LogP contribution in [0.4, 0.5) is 0 Å². The summed E-state index contributed by atoms with van der Waals surface area (Å²) in [6, 6.07) is 7.98. The number of amides is 1. The van der Waals surface area contributed by atoms with E-state index < -0.39 is 5.97 Å². The standard InChI is InChI=1S/C14H17NO4/c16-13(5-6-14(17)18)15-9-12-11-4-2-1-3-10(11)7-8-19-12/h1-4,12H,5-9H2,(H,15,16)(H,17,18)/p-1/t12-/m0/s1. The van der Waals surface area contributed by atoms with Gasteiger partial charge in [0, 0.05) is 18.9 Å². The van der Waals surface area contributed by atoms with Crippen molar-refractivity contribution in [2.24, 2.45) is 0 Å². The van der Waals surface area contributed by atoms with Gasteiger partial charge in [-0.05, 0) is 24.0 Å². The molecule has 0 saturated heterocycles. The van der Waals surface area contributed by atoms with Gasteiger partial charge >= 0.3 is 0 Å². The van der Waals surface area contributed by atoms with Crippen molar-refractivity contribution >= 4 is 11.9 Å². The number of aliphatic carboxylic acids is 1. The van der Waals surface area contributed by atoms with Gasteiger partial charge in [-0.3, -0.25) is 4.79 Å². The van der Waals surface area contributed by atoms with Crippen molar-refractivity contribution in [1.29, 1.82) is 0 Å². The van der Waals surface area contributed by atoms with Crippen LogP contribution in [0.2, 0.25) is 0 Å². The highest BCUT2D eigenvalue weighted by Gasteiger charge is 2.20. The van der Waals surface area contributed by atoms with E-state index >= 15 is 0 Å². The number of fused-ring (bicyclic) bond motifs is 1. The molecule has 0 bridgehead atoms. The molecule has 0 fully saturated rings. The zero-order chi connectivity index (χ0) is 13.7. The number of rotatable bonds is 5. The Morgan fingerprint density at radius 3 is 2.89 bits per heavy atom. The van der Waals surface area contributed by atoms with Crippen LogP contribution in [0.5, 0.6) is 0 Å². The average Bonchev–Trinajstić information content (AvgIpc) is 2.42. The fraction of sp³-hybridized carbons (Fsp3) is 0.429. The monoisotopic (exact) mass is 262 g/mol. The Morgan fingerprint density at radius 2 is 2.11 bits per heavy atom. The normalized spacial score (nSPS) is 17.6. The molecular formula is C14H16NO4-. The molecule has 0 radical (unpaired) electrons. The molecule has 0 unspecified atom stereocenters. The van der Waals surface area contributed by atoms with Gasteiger partial charge in [-0.15, -0.1) is 0 Å². The number of ether oxygens (including phenoxy) is 1. The number of carbonyl (C=O) groups excluding carboxylic acids is 2. The van der Waals surface area contributed by atoms with Crippen LogP contribution in [0.1, 0.15) is 30.1 Å². The van der Waals surface area contributed by atoms with Gasteiger partial charge in [0.2, 0.25) is 5.91 Å². The van der Waals surface area contributed by atoms with E-state index in [1.807, 2.05) is 18.2 Å². The molecule has 1 heterocycles. The number of hydrogen-bond acceptors (Lipinski definition) is 4. The summed E-state index contributed by atoms with van der Waals surface area (Å²) < 4.78 is 5.64. The van der Waals surface area contributed by atoms with E-state index in [0.717, 1.165) is 12.0 Å². The lowest BCUT2D eigenvalue weighted by molar-refractivity contribution is -0.305. The van der Waals surface area contributed by atoms with Gasteiger partial charge < -0.3 is 20.0 Å². The highest BCUT2D eigenvalue weighted by Crippen LogP contribution is 2.26. The van der Waals surface area contributed by atoms with E-state index in [-0.39, 0.29) is 24.9 Å². The maximum atomic E-state index is 11.4. The second-order valence-corrected chi connectivity index (χ2v) is 4.48. The Labute approximate surface area is 111 Å². The Hall–Kier alpha value is -1.88. The van der Waals surface area contributed by atoms with Crippen LogP contribution in [0.3, 0.4) is 0 Å². The summed E-state index contributed by atoms with van der Waals surface area (Å²) in [4.78, 5) is 21.7. The van der Waals surface area contributed by atoms with E-state index in [1.54, 1.807) is 0 Å².